The maximum Gasteiger partial charge on any atom is 0.221 e. The number of hydrogen-bond donors (Lipinski definition) is 1. The summed E-state index contributed by atoms with van der Waals surface area (Å²) in [5.74, 6) is -0.237. The molecule has 0 spiro atoms. The summed E-state index contributed by atoms with van der Waals surface area (Å²) in [6, 6.07) is 11.5. The Bertz CT molecular complexity index is 446. The van der Waals surface area contributed by atoms with Gasteiger partial charge in [-0.25, -0.2) is 0 Å². The molecule has 1 rings (SSSR count). The molecule has 0 radical (unpaired) electrons. The van der Waals surface area contributed by atoms with Crippen molar-refractivity contribution < 1.29 is 4.79 Å². The van der Waals surface area contributed by atoms with Gasteiger partial charge in [-0.2, -0.15) is 5.26 Å². The van der Waals surface area contributed by atoms with Crippen molar-refractivity contribution in [2.24, 2.45) is 0 Å². The first-order valence-corrected chi connectivity index (χ1v) is 5.93. The summed E-state index contributed by atoms with van der Waals surface area (Å²) in [5, 5.41) is 11.5. The van der Waals surface area contributed by atoms with Gasteiger partial charge in [-0.05, 0) is 11.8 Å². The van der Waals surface area contributed by atoms with Crippen LogP contribution in [0.5, 0.6) is 0 Å². The maximum atomic E-state index is 11.0. The van der Waals surface area contributed by atoms with E-state index >= 15 is 0 Å². The van der Waals surface area contributed by atoms with Crippen molar-refractivity contribution in [1.82, 2.24) is 5.32 Å². The zero-order chi connectivity index (χ0) is 12.0. The first-order chi connectivity index (χ1) is 7.69. The number of rotatable bonds is 3. The molecule has 0 atom stereocenters. The highest BCUT2D eigenvalue weighted by molar-refractivity contribution is 8.07. The summed E-state index contributed by atoms with van der Waals surface area (Å²) >= 11 is 1.44. The van der Waals surface area contributed by atoms with Gasteiger partial charge in [-0.3, -0.25) is 4.79 Å². The number of benzene rings is 1. The molecule has 3 nitrogen and oxygen atoms in total. The number of allylic oxidation sites excluding steroid dienone is 1. The normalized spacial score (nSPS) is 11.3. The molecule has 0 bridgehead atoms. The maximum absolute atomic E-state index is 11.0. The van der Waals surface area contributed by atoms with Crippen LogP contribution in [0.3, 0.4) is 0 Å². The molecule has 0 aliphatic carbocycles. The number of carbonyl (C=O) groups is 1. The lowest BCUT2D eigenvalue weighted by atomic mass is 10.2. The molecule has 1 N–H and O–H groups in total. The van der Waals surface area contributed by atoms with E-state index in [1.54, 1.807) is 0 Å². The SMILES string of the molecule is CS/C(=C(/C#N)NC(C)=O)c1ccccc1. The van der Waals surface area contributed by atoms with Crippen molar-refractivity contribution >= 4 is 22.6 Å². The first-order valence-electron chi connectivity index (χ1n) is 4.70. The van der Waals surface area contributed by atoms with E-state index < -0.39 is 0 Å². The number of amides is 1. The molecule has 0 aliphatic rings. The molecule has 0 fully saturated rings. The minimum Gasteiger partial charge on any atom is -0.317 e. The van der Waals surface area contributed by atoms with Gasteiger partial charge in [0.25, 0.3) is 0 Å². The standard InChI is InChI=1S/C12H12N2OS/c1-9(15)14-11(8-13)12(16-2)10-6-4-3-5-7-10/h3-7H,1-2H3,(H,14,15)/b12-11-. The molecule has 1 amide bonds. The monoisotopic (exact) mass is 232 g/mol. The van der Waals surface area contributed by atoms with Crippen LogP contribution in [0, 0.1) is 11.3 Å². The van der Waals surface area contributed by atoms with Crippen molar-refractivity contribution in [3.05, 3.63) is 41.6 Å². The number of nitrogens with zero attached hydrogens (tertiary/aromatic N) is 1. The van der Waals surface area contributed by atoms with Gasteiger partial charge in [0, 0.05) is 11.8 Å². The van der Waals surface area contributed by atoms with E-state index in [2.05, 4.69) is 5.32 Å². The fourth-order valence-corrected chi connectivity index (χ4v) is 1.94. The zero-order valence-electron chi connectivity index (χ0n) is 9.15. The van der Waals surface area contributed by atoms with Gasteiger partial charge in [0.1, 0.15) is 11.8 Å². The summed E-state index contributed by atoms with van der Waals surface area (Å²) in [7, 11) is 0. The van der Waals surface area contributed by atoms with Crippen LogP contribution in [0.2, 0.25) is 0 Å². The number of thioether (sulfide) groups is 1. The highest BCUT2D eigenvalue weighted by atomic mass is 32.2. The Kier molecular flexibility index (Phi) is 4.62. The van der Waals surface area contributed by atoms with Crippen molar-refractivity contribution in [3.8, 4) is 6.07 Å². The quantitative estimate of drug-likeness (QED) is 0.814. The summed E-state index contributed by atoms with van der Waals surface area (Å²) in [6.07, 6.45) is 1.88. The van der Waals surface area contributed by atoms with Crippen LogP contribution in [0.4, 0.5) is 0 Å². The highest BCUT2D eigenvalue weighted by Gasteiger charge is 2.09. The molecule has 0 saturated heterocycles. The van der Waals surface area contributed by atoms with Crippen LogP contribution in [0.1, 0.15) is 12.5 Å². The average Bonchev–Trinajstić information content (AvgIpc) is 2.29. The topological polar surface area (TPSA) is 52.9 Å². The van der Waals surface area contributed by atoms with Gasteiger partial charge >= 0.3 is 0 Å². The first kappa shape index (κ1) is 12.3. The van der Waals surface area contributed by atoms with Gasteiger partial charge in [0.05, 0.1) is 0 Å². The van der Waals surface area contributed by atoms with Crippen molar-refractivity contribution in [1.29, 1.82) is 5.26 Å². The van der Waals surface area contributed by atoms with Crippen molar-refractivity contribution in [2.75, 3.05) is 6.26 Å². The fourth-order valence-electron chi connectivity index (χ4n) is 1.27. The van der Waals surface area contributed by atoms with Crippen LogP contribution in [0.25, 0.3) is 4.91 Å². The van der Waals surface area contributed by atoms with Gasteiger partial charge in [-0.1, -0.05) is 30.3 Å². The third-order valence-electron chi connectivity index (χ3n) is 1.88. The van der Waals surface area contributed by atoms with E-state index in [1.165, 1.54) is 18.7 Å². The summed E-state index contributed by atoms with van der Waals surface area (Å²) in [4.78, 5) is 11.7. The lowest BCUT2D eigenvalue weighted by Crippen LogP contribution is -2.19. The Morgan fingerprint density at radius 2 is 2.00 bits per heavy atom. The second kappa shape index (κ2) is 5.99. The Balaban J connectivity index is 3.17. The van der Waals surface area contributed by atoms with Crippen molar-refractivity contribution in [3.63, 3.8) is 0 Å². The molecule has 0 aromatic heterocycles. The highest BCUT2D eigenvalue weighted by Crippen LogP contribution is 2.27. The predicted octanol–water partition coefficient (Wildman–Crippen LogP) is 2.38. The third kappa shape index (κ3) is 3.14. The lowest BCUT2D eigenvalue weighted by Gasteiger charge is -2.08. The Hall–Kier alpha value is -1.73. The largest absolute Gasteiger partial charge is 0.317 e. The predicted molar refractivity (Wildman–Crippen MR) is 66.3 cm³/mol. The Morgan fingerprint density at radius 3 is 2.44 bits per heavy atom. The molecule has 0 heterocycles. The number of nitrogens with one attached hydrogen (secondary N) is 1. The van der Waals surface area contributed by atoms with E-state index in [9.17, 15) is 4.79 Å². The number of nitriles is 1. The molecular formula is C12H12N2OS. The smallest absolute Gasteiger partial charge is 0.221 e. The third-order valence-corrected chi connectivity index (χ3v) is 2.73. The second-order valence-electron chi connectivity index (χ2n) is 3.07. The lowest BCUT2D eigenvalue weighted by molar-refractivity contribution is -0.118. The van der Waals surface area contributed by atoms with E-state index in [1.807, 2.05) is 42.7 Å². The minimum atomic E-state index is -0.237. The number of hydrogen-bond acceptors (Lipinski definition) is 3. The Morgan fingerprint density at radius 1 is 1.38 bits per heavy atom. The van der Waals surface area contributed by atoms with Gasteiger partial charge in [0.15, 0.2) is 0 Å². The number of carbonyl (C=O) groups excluding carboxylic acids is 1. The summed E-state index contributed by atoms with van der Waals surface area (Å²) in [5.41, 5.74) is 1.23. The Labute approximate surface area is 99.2 Å². The summed E-state index contributed by atoms with van der Waals surface area (Å²) < 4.78 is 0. The van der Waals surface area contributed by atoms with Gasteiger partial charge in [0.2, 0.25) is 5.91 Å². The molecule has 82 valence electrons. The van der Waals surface area contributed by atoms with Gasteiger partial charge in [-0.15, -0.1) is 11.8 Å². The van der Waals surface area contributed by atoms with Crippen LogP contribution < -0.4 is 5.32 Å². The molecule has 0 aliphatic heterocycles. The average molecular weight is 232 g/mol. The van der Waals surface area contributed by atoms with Crippen LogP contribution in [-0.4, -0.2) is 12.2 Å². The molecule has 0 saturated carbocycles. The van der Waals surface area contributed by atoms with E-state index in [0.717, 1.165) is 10.5 Å². The van der Waals surface area contributed by atoms with Gasteiger partial charge < -0.3 is 5.32 Å². The van der Waals surface area contributed by atoms with E-state index in [-0.39, 0.29) is 5.91 Å². The minimum absolute atomic E-state index is 0.237. The molecule has 0 unspecified atom stereocenters. The molecule has 1 aromatic carbocycles. The molecule has 1 aromatic rings. The van der Waals surface area contributed by atoms with E-state index in [4.69, 9.17) is 5.26 Å². The van der Waals surface area contributed by atoms with Crippen LogP contribution in [-0.2, 0) is 4.79 Å². The fraction of sp³-hybridized carbons (Fsp3) is 0.167. The molecular weight excluding hydrogens is 220 g/mol. The zero-order valence-corrected chi connectivity index (χ0v) is 9.97. The molecule has 4 heteroatoms. The molecule has 16 heavy (non-hydrogen) atoms. The van der Waals surface area contributed by atoms with Crippen LogP contribution >= 0.6 is 11.8 Å². The van der Waals surface area contributed by atoms with Crippen LogP contribution in [0.15, 0.2) is 36.0 Å². The second-order valence-corrected chi connectivity index (χ2v) is 3.88. The van der Waals surface area contributed by atoms with Crippen molar-refractivity contribution in [2.45, 2.75) is 6.92 Å². The van der Waals surface area contributed by atoms with E-state index in [0.29, 0.717) is 5.70 Å². The summed E-state index contributed by atoms with van der Waals surface area (Å²) in [6.45, 7) is 1.39.